The first-order chi connectivity index (χ1) is 9.84. The minimum atomic E-state index is 0.827. The van der Waals surface area contributed by atoms with Gasteiger partial charge >= 0.3 is 0 Å². The van der Waals surface area contributed by atoms with E-state index in [2.05, 4.69) is 32.2 Å². The Morgan fingerprint density at radius 3 is 3.05 bits per heavy atom. The van der Waals surface area contributed by atoms with E-state index in [1.54, 1.807) is 6.20 Å². The van der Waals surface area contributed by atoms with Crippen molar-refractivity contribution in [2.24, 2.45) is 7.05 Å². The molecule has 6 nitrogen and oxygen atoms in total. The lowest BCUT2D eigenvalue weighted by atomic mass is 10.2. The van der Waals surface area contributed by atoms with Gasteiger partial charge in [-0.05, 0) is 6.07 Å². The van der Waals surface area contributed by atoms with Crippen LogP contribution in [0.15, 0.2) is 37.1 Å². The second-order valence-electron chi connectivity index (χ2n) is 5.07. The van der Waals surface area contributed by atoms with Crippen LogP contribution in [0.3, 0.4) is 0 Å². The summed E-state index contributed by atoms with van der Waals surface area (Å²) in [5.74, 6) is 1.18. The zero-order valence-corrected chi connectivity index (χ0v) is 10.9. The fraction of sp³-hybridized carbons (Fsp3) is 0.143. The zero-order valence-electron chi connectivity index (χ0n) is 10.9. The van der Waals surface area contributed by atoms with Gasteiger partial charge in [-0.3, -0.25) is 4.98 Å². The minimum Gasteiger partial charge on any atom is -0.264 e. The Labute approximate surface area is 114 Å². The molecule has 0 unspecified atom stereocenters. The molecule has 20 heavy (non-hydrogen) atoms. The van der Waals surface area contributed by atoms with Gasteiger partial charge in [0.05, 0.1) is 19.2 Å². The van der Waals surface area contributed by atoms with Crippen molar-refractivity contribution in [2.75, 3.05) is 0 Å². The van der Waals surface area contributed by atoms with Gasteiger partial charge in [0.1, 0.15) is 0 Å². The van der Waals surface area contributed by atoms with Crippen LogP contribution < -0.4 is 4.57 Å². The molecule has 1 aliphatic rings. The van der Waals surface area contributed by atoms with E-state index in [-0.39, 0.29) is 0 Å². The lowest BCUT2D eigenvalue weighted by Gasteiger charge is -1.96. The maximum absolute atomic E-state index is 4.74. The molecule has 0 aromatic carbocycles. The summed E-state index contributed by atoms with van der Waals surface area (Å²) in [6, 6.07) is 3.99. The molecule has 0 atom stereocenters. The third-order valence-electron chi connectivity index (χ3n) is 4.01. The average Bonchev–Trinajstić information content (AvgIpc) is 3.10. The smallest absolute Gasteiger partial charge is 0.264 e. The van der Waals surface area contributed by atoms with Crippen LogP contribution in [0.25, 0.3) is 28.3 Å². The molecule has 0 amide bonds. The minimum absolute atomic E-state index is 0.827. The van der Waals surface area contributed by atoms with Crippen molar-refractivity contribution in [3.05, 3.63) is 42.6 Å². The summed E-state index contributed by atoms with van der Waals surface area (Å²) in [6.45, 7) is 0.827. The van der Waals surface area contributed by atoms with Crippen molar-refractivity contribution in [1.82, 2.24) is 23.9 Å². The summed E-state index contributed by atoms with van der Waals surface area (Å²) < 4.78 is 6.46. The van der Waals surface area contributed by atoms with Crippen molar-refractivity contribution in [3.8, 4) is 11.4 Å². The number of hydrogen-bond donors (Lipinski definition) is 0. The molecule has 0 saturated carbocycles. The topological polar surface area (TPSA) is 51.9 Å². The summed E-state index contributed by atoms with van der Waals surface area (Å²) >= 11 is 0. The molecule has 0 spiro atoms. The van der Waals surface area contributed by atoms with Crippen LogP contribution in [0.5, 0.6) is 0 Å². The first-order valence-corrected chi connectivity index (χ1v) is 6.48. The highest BCUT2D eigenvalue weighted by atomic mass is 15.3. The van der Waals surface area contributed by atoms with E-state index in [1.807, 2.05) is 29.2 Å². The second-order valence-corrected chi connectivity index (χ2v) is 5.07. The molecule has 0 N–H and O–H groups in total. The van der Waals surface area contributed by atoms with Crippen molar-refractivity contribution < 1.29 is 4.57 Å². The van der Waals surface area contributed by atoms with Gasteiger partial charge < -0.3 is 0 Å². The highest BCUT2D eigenvalue weighted by Crippen LogP contribution is 2.32. The molecule has 6 heteroatoms. The first kappa shape index (κ1) is 10.1. The molecule has 96 valence electrons. The van der Waals surface area contributed by atoms with Gasteiger partial charge in [0.2, 0.25) is 11.5 Å². The Morgan fingerprint density at radius 1 is 1.20 bits per heavy atom. The molecule has 0 bridgehead atoms. The van der Waals surface area contributed by atoms with Crippen LogP contribution in [0, 0.1) is 0 Å². The molecule has 1 aliphatic heterocycles. The fourth-order valence-electron chi connectivity index (χ4n) is 3.17. The largest absolute Gasteiger partial charge is 0.296 e. The normalized spacial score (nSPS) is 13.1. The zero-order chi connectivity index (χ0) is 13.3. The quantitative estimate of drug-likeness (QED) is 0.391. The van der Waals surface area contributed by atoms with Crippen LogP contribution >= 0.6 is 0 Å². The predicted octanol–water partition coefficient (Wildman–Crippen LogP) is 0.932. The van der Waals surface area contributed by atoms with Crippen LogP contribution in [0.2, 0.25) is 0 Å². The molecular weight excluding hydrogens is 252 g/mol. The van der Waals surface area contributed by atoms with Gasteiger partial charge in [0, 0.05) is 30.2 Å². The molecule has 0 saturated heterocycles. The molecule has 0 radical (unpaired) electrons. The second kappa shape index (κ2) is 3.22. The number of fused-ring (bicyclic) bond motifs is 7. The number of nitrogens with zero attached hydrogens (tertiary/aromatic N) is 6. The van der Waals surface area contributed by atoms with Crippen LogP contribution in [0.4, 0.5) is 0 Å². The maximum Gasteiger partial charge on any atom is 0.296 e. The van der Waals surface area contributed by atoms with E-state index in [4.69, 9.17) is 4.98 Å². The number of aryl methyl sites for hydroxylation is 1. The average molecular weight is 263 g/mol. The van der Waals surface area contributed by atoms with E-state index >= 15 is 0 Å². The number of imidazole rings is 2. The lowest BCUT2D eigenvalue weighted by Crippen LogP contribution is -2.30. The Morgan fingerprint density at radius 2 is 2.10 bits per heavy atom. The van der Waals surface area contributed by atoms with Gasteiger partial charge in [-0.15, -0.1) is 0 Å². The summed E-state index contributed by atoms with van der Waals surface area (Å²) in [5.41, 5.74) is 5.47. The van der Waals surface area contributed by atoms with E-state index in [0.717, 1.165) is 23.5 Å². The molecule has 4 aromatic rings. The number of hydrogen-bond acceptors (Lipinski definition) is 3. The van der Waals surface area contributed by atoms with Crippen molar-refractivity contribution in [1.29, 1.82) is 0 Å². The number of aromatic nitrogens is 6. The van der Waals surface area contributed by atoms with Gasteiger partial charge in [0.15, 0.2) is 6.33 Å². The monoisotopic (exact) mass is 263 g/mol. The van der Waals surface area contributed by atoms with Crippen LogP contribution in [-0.2, 0) is 13.6 Å². The van der Waals surface area contributed by atoms with Gasteiger partial charge in [-0.2, -0.15) is 9.38 Å². The van der Waals surface area contributed by atoms with Crippen LogP contribution in [-0.4, -0.2) is 23.9 Å². The number of pyridine rings is 1. The van der Waals surface area contributed by atoms with Crippen molar-refractivity contribution >= 4 is 16.9 Å². The molecule has 0 aliphatic carbocycles. The maximum atomic E-state index is 4.74. The van der Waals surface area contributed by atoms with E-state index in [1.165, 1.54) is 17.0 Å². The highest BCUT2D eigenvalue weighted by Gasteiger charge is 2.33. The summed E-state index contributed by atoms with van der Waals surface area (Å²) in [7, 11) is 2.07. The van der Waals surface area contributed by atoms with Crippen molar-refractivity contribution in [2.45, 2.75) is 6.54 Å². The van der Waals surface area contributed by atoms with Gasteiger partial charge in [0.25, 0.3) is 11.3 Å². The molecule has 5 rings (SSSR count). The van der Waals surface area contributed by atoms with Gasteiger partial charge in [-0.25, -0.2) is 14.1 Å². The van der Waals surface area contributed by atoms with Crippen molar-refractivity contribution in [3.63, 3.8) is 0 Å². The van der Waals surface area contributed by atoms with E-state index in [9.17, 15) is 0 Å². The standard InChI is InChI=1S/C14H11N6/c1-18-13-10-2-4-15-6-9(10)7-19(13)12-14(18)20-8-16-5-3-11(20)17-12/h2-6,8H,7H2,1H3/q+1. The summed E-state index contributed by atoms with van der Waals surface area (Å²) in [5, 5.41) is 0. The third-order valence-corrected chi connectivity index (χ3v) is 4.01. The van der Waals surface area contributed by atoms with Gasteiger partial charge in [-0.1, -0.05) is 0 Å². The highest BCUT2D eigenvalue weighted by molar-refractivity contribution is 5.77. The lowest BCUT2D eigenvalue weighted by molar-refractivity contribution is -0.636. The fourth-order valence-corrected chi connectivity index (χ4v) is 3.17. The van der Waals surface area contributed by atoms with E-state index < -0.39 is 0 Å². The summed E-state index contributed by atoms with van der Waals surface area (Å²) in [6.07, 6.45) is 7.36. The SMILES string of the molecule is C[n+]1c2n(c3nc4ccncn4c31)Cc1cnccc1-2. The molecule has 4 aromatic heterocycles. The third kappa shape index (κ3) is 1.01. The Kier molecular flexibility index (Phi) is 1.62. The van der Waals surface area contributed by atoms with Crippen LogP contribution in [0.1, 0.15) is 5.56 Å². The Balaban J connectivity index is 1.98. The number of rotatable bonds is 0. The first-order valence-electron chi connectivity index (χ1n) is 6.48. The predicted molar refractivity (Wildman–Crippen MR) is 72.0 cm³/mol. The Bertz CT molecular complexity index is 994. The van der Waals surface area contributed by atoms with E-state index in [0.29, 0.717) is 0 Å². The molecule has 0 fully saturated rings. The molecule has 5 heterocycles. The molecular formula is C14H11N6+. The summed E-state index contributed by atoms with van der Waals surface area (Å²) in [4.78, 5) is 13.1. The Hall–Kier alpha value is -2.76.